The zero-order valence-electron chi connectivity index (χ0n) is 14.0. The molecule has 0 aliphatic rings. The van der Waals surface area contributed by atoms with E-state index in [0.717, 1.165) is 18.2 Å². The van der Waals surface area contributed by atoms with Gasteiger partial charge in [0.25, 0.3) is 0 Å². The summed E-state index contributed by atoms with van der Waals surface area (Å²) in [4.78, 5) is 0. The Hall–Kier alpha value is 1.29. The molecule has 0 aromatic rings. The molecule has 0 fully saturated rings. The van der Waals surface area contributed by atoms with Crippen molar-refractivity contribution in [3.8, 4) is 0 Å². The Labute approximate surface area is 174 Å². The fourth-order valence-corrected chi connectivity index (χ4v) is 2.66. The normalized spacial score (nSPS) is 11.7. The van der Waals surface area contributed by atoms with E-state index in [0.29, 0.717) is 6.42 Å². The van der Waals surface area contributed by atoms with Crippen molar-refractivity contribution < 1.29 is 64.4 Å². The van der Waals surface area contributed by atoms with Crippen LogP contribution in [0.5, 0.6) is 0 Å². The van der Waals surface area contributed by atoms with E-state index in [9.17, 15) is 13.0 Å². The molecular formula is C16H31KO3S. The minimum atomic E-state index is -4.17. The van der Waals surface area contributed by atoms with Crippen LogP contribution in [0.25, 0.3) is 0 Å². The molecule has 0 aliphatic carbocycles. The summed E-state index contributed by atoms with van der Waals surface area (Å²) in [6.45, 7) is 2.25. The van der Waals surface area contributed by atoms with Crippen LogP contribution in [-0.4, -0.2) is 13.0 Å². The van der Waals surface area contributed by atoms with Crippen LogP contribution in [0.2, 0.25) is 0 Å². The SMILES string of the molecule is CCCCCCCCCCCCCCC=CS(=O)(=O)[O-].[K+]. The molecule has 0 saturated carbocycles. The summed E-state index contributed by atoms with van der Waals surface area (Å²) in [7, 11) is -4.17. The van der Waals surface area contributed by atoms with E-state index < -0.39 is 10.1 Å². The molecule has 0 aromatic heterocycles. The van der Waals surface area contributed by atoms with Gasteiger partial charge in [-0.3, -0.25) is 0 Å². The Kier molecular flexibility index (Phi) is 20.6. The predicted molar refractivity (Wildman–Crippen MR) is 84.5 cm³/mol. The molecule has 3 nitrogen and oxygen atoms in total. The van der Waals surface area contributed by atoms with Gasteiger partial charge in [-0.15, -0.1) is 0 Å². The van der Waals surface area contributed by atoms with Gasteiger partial charge in [-0.1, -0.05) is 83.6 Å². The second-order valence-corrected chi connectivity index (χ2v) is 6.80. The first kappa shape index (κ1) is 24.5. The Morgan fingerprint density at radius 3 is 1.52 bits per heavy atom. The van der Waals surface area contributed by atoms with Crippen molar-refractivity contribution in [3.63, 3.8) is 0 Å². The third kappa shape index (κ3) is 23.7. The third-order valence-electron chi connectivity index (χ3n) is 3.49. The van der Waals surface area contributed by atoms with Gasteiger partial charge < -0.3 is 4.55 Å². The van der Waals surface area contributed by atoms with Crippen LogP contribution >= 0.6 is 0 Å². The second-order valence-electron chi connectivity index (χ2n) is 5.54. The van der Waals surface area contributed by atoms with Crippen molar-refractivity contribution >= 4 is 10.1 Å². The summed E-state index contributed by atoms with van der Waals surface area (Å²) in [5.74, 6) is 0. The number of hydrogen-bond donors (Lipinski definition) is 0. The number of allylic oxidation sites excluding steroid dienone is 1. The van der Waals surface area contributed by atoms with Crippen molar-refractivity contribution in [1.29, 1.82) is 0 Å². The quantitative estimate of drug-likeness (QED) is 0.276. The van der Waals surface area contributed by atoms with E-state index in [1.165, 1.54) is 70.3 Å². The molecule has 0 unspecified atom stereocenters. The first-order valence-electron chi connectivity index (χ1n) is 8.18. The molecule has 5 heteroatoms. The Morgan fingerprint density at radius 2 is 1.14 bits per heavy atom. The molecule has 0 radical (unpaired) electrons. The van der Waals surface area contributed by atoms with E-state index in [-0.39, 0.29) is 51.4 Å². The second kappa shape index (κ2) is 17.6. The van der Waals surface area contributed by atoms with Crippen LogP contribution in [0.3, 0.4) is 0 Å². The van der Waals surface area contributed by atoms with Crippen LogP contribution in [0.4, 0.5) is 0 Å². The van der Waals surface area contributed by atoms with Crippen molar-refractivity contribution in [3.05, 3.63) is 11.5 Å². The number of hydrogen-bond acceptors (Lipinski definition) is 3. The van der Waals surface area contributed by atoms with Crippen molar-refractivity contribution in [2.24, 2.45) is 0 Å². The molecule has 0 bridgehead atoms. The minimum Gasteiger partial charge on any atom is -0.744 e. The van der Waals surface area contributed by atoms with Gasteiger partial charge in [0.2, 0.25) is 0 Å². The first-order valence-corrected chi connectivity index (χ1v) is 9.66. The van der Waals surface area contributed by atoms with Gasteiger partial charge >= 0.3 is 51.4 Å². The topological polar surface area (TPSA) is 57.2 Å². The maximum absolute atomic E-state index is 10.3. The monoisotopic (exact) mass is 342 g/mol. The maximum Gasteiger partial charge on any atom is 1.00 e. The Bertz CT molecular complexity index is 326. The molecule has 0 aromatic carbocycles. The molecule has 21 heavy (non-hydrogen) atoms. The molecule has 0 aliphatic heterocycles. The Morgan fingerprint density at radius 1 is 0.762 bits per heavy atom. The molecule has 0 spiro atoms. The van der Waals surface area contributed by atoms with E-state index in [4.69, 9.17) is 0 Å². The molecule has 0 heterocycles. The van der Waals surface area contributed by atoms with Gasteiger partial charge in [0.15, 0.2) is 0 Å². The van der Waals surface area contributed by atoms with Crippen LogP contribution < -0.4 is 51.4 Å². The van der Waals surface area contributed by atoms with Crippen molar-refractivity contribution in [2.75, 3.05) is 0 Å². The maximum atomic E-state index is 10.3. The summed E-state index contributed by atoms with van der Waals surface area (Å²) >= 11 is 0. The smallest absolute Gasteiger partial charge is 0.744 e. The third-order valence-corrected chi connectivity index (χ3v) is 4.01. The molecule has 0 atom stereocenters. The first-order chi connectivity index (χ1) is 9.56. The van der Waals surface area contributed by atoms with Crippen LogP contribution in [0.1, 0.15) is 90.4 Å². The van der Waals surface area contributed by atoms with Crippen molar-refractivity contribution in [2.45, 2.75) is 90.4 Å². The summed E-state index contributed by atoms with van der Waals surface area (Å²) in [5, 5.41) is 0.769. The summed E-state index contributed by atoms with van der Waals surface area (Å²) in [6.07, 6.45) is 17.7. The van der Waals surface area contributed by atoms with Gasteiger partial charge in [0, 0.05) is 5.41 Å². The standard InChI is InChI=1S/C16H32O3S.K/c1-2-3-4-5-6-7-8-9-10-11-12-13-14-15-16-20(17,18)19;/h15-16H,2-14H2,1H3,(H,17,18,19);/q;+1/p-1. The van der Waals surface area contributed by atoms with Crippen LogP contribution in [0, 0.1) is 0 Å². The van der Waals surface area contributed by atoms with Gasteiger partial charge in [-0.05, 0) is 12.8 Å². The fraction of sp³-hybridized carbons (Fsp3) is 0.875. The Balaban J connectivity index is 0. The minimum absolute atomic E-state index is 0. The fourth-order valence-electron chi connectivity index (χ4n) is 2.29. The number of rotatable bonds is 14. The van der Waals surface area contributed by atoms with Gasteiger partial charge in [0.05, 0.1) is 0 Å². The molecule has 0 saturated heterocycles. The van der Waals surface area contributed by atoms with Crippen molar-refractivity contribution in [1.82, 2.24) is 0 Å². The molecule has 0 amide bonds. The summed E-state index contributed by atoms with van der Waals surface area (Å²) in [6, 6.07) is 0. The summed E-state index contributed by atoms with van der Waals surface area (Å²) < 4.78 is 30.9. The average molecular weight is 343 g/mol. The molecular weight excluding hydrogens is 311 g/mol. The zero-order chi connectivity index (χ0) is 15.1. The predicted octanol–water partition coefficient (Wildman–Crippen LogP) is 2.14. The average Bonchev–Trinajstić information content (AvgIpc) is 2.38. The van der Waals surface area contributed by atoms with Crippen LogP contribution in [0.15, 0.2) is 11.5 Å². The van der Waals surface area contributed by atoms with Gasteiger partial charge in [0.1, 0.15) is 10.1 Å². The van der Waals surface area contributed by atoms with E-state index in [2.05, 4.69) is 6.92 Å². The summed E-state index contributed by atoms with van der Waals surface area (Å²) in [5.41, 5.74) is 0. The van der Waals surface area contributed by atoms with E-state index >= 15 is 0 Å². The zero-order valence-corrected chi connectivity index (χ0v) is 17.9. The largest absolute Gasteiger partial charge is 1.00 e. The molecule has 120 valence electrons. The van der Waals surface area contributed by atoms with Crippen LogP contribution in [-0.2, 0) is 10.1 Å². The van der Waals surface area contributed by atoms with Gasteiger partial charge in [-0.25, -0.2) is 8.42 Å². The van der Waals surface area contributed by atoms with Gasteiger partial charge in [-0.2, -0.15) is 0 Å². The molecule has 0 N–H and O–H groups in total. The van der Waals surface area contributed by atoms with E-state index in [1.54, 1.807) is 0 Å². The number of unbranched alkanes of at least 4 members (excludes halogenated alkanes) is 12. The molecule has 0 rings (SSSR count). The van der Waals surface area contributed by atoms with E-state index in [1.807, 2.05) is 0 Å².